The topological polar surface area (TPSA) is 47.0 Å². The first-order chi connectivity index (χ1) is 10.2. The van der Waals surface area contributed by atoms with Crippen LogP contribution in [0.25, 0.3) is 0 Å². The smallest absolute Gasteiger partial charge is 0.137 e. The van der Waals surface area contributed by atoms with Crippen LogP contribution in [-0.4, -0.2) is 23.1 Å². The van der Waals surface area contributed by atoms with E-state index < -0.39 is 0 Å². The van der Waals surface area contributed by atoms with Crippen molar-refractivity contribution < 1.29 is 4.74 Å². The Hall–Kier alpha value is -1.94. The second-order valence-corrected chi connectivity index (χ2v) is 5.09. The lowest BCUT2D eigenvalue weighted by Gasteiger charge is -2.19. The Morgan fingerprint density at radius 3 is 2.43 bits per heavy atom. The third-order valence-corrected chi connectivity index (χ3v) is 3.18. The Bertz CT molecular complexity index is 571. The fourth-order valence-corrected chi connectivity index (χ4v) is 2.26. The second-order valence-electron chi connectivity index (χ2n) is 5.09. The number of pyridine rings is 2. The molecule has 4 heteroatoms. The quantitative estimate of drug-likeness (QED) is 0.848. The molecule has 0 aliphatic rings. The van der Waals surface area contributed by atoms with Gasteiger partial charge in [-0.2, -0.15) is 0 Å². The minimum Gasteiger partial charge on any atom is -0.492 e. The van der Waals surface area contributed by atoms with Crippen molar-refractivity contribution in [2.75, 3.05) is 13.2 Å². The van der Waals surface area contributed by atoms with Gasteiger partial charge in [0, 0.05) is 18.6 Å². The molecule has 0 bridgehead atoms. The van der Waals surface area contributed by atoms with Crippen LogP contribution < -0.4 is 10.1 Å². The lowest BCUT2D eigenvalue weighted by Crippen LogP contribution is -2.22. The molecular formula is C17H23N3O. The summed E-state index contributed by atoms with van der Waals surface area (Å²) in [6.45, 7) is 7.83. The third-order valence-electron chi connectivity index (χ3n) is 3.18. The highest BCUT2D eigenvalue weighted by atomic mass is 16.5. The van der Waals surface area contributed by atoms with Gasteiger partial charge in [0.25, 0.3) is 0 Å². The number of ether oxygens (including phenoxy) is 1. The van der Waals surface area contributed by atoms with Crippen molar-refractivity contribution in [2.24, 2.45) is 0 Å². The van der Waals surface area contributed by atoms with E-state index in [0.717, 1.165) is 35.4 Å². The lowest BCUT2D eigenvalue weighted by atomic mass is 10.0. The van der Waals surface area contributed by atoms with E-state index in [1.54, 1.807) is 6.20 Å². The number of hydrogen-bond donors (Lipinski definition) is 1. The molecule has 2 heterocycles. The summed E-state index contributed by atoms with van der Waals surface area (Å²) in [7, 11) is 0. The molecule has 0 aliphatic heterocycles. The van der Waals surface area contributed by atoms with Gasteiger partial charge in [-0.3, -0.25) is 9.97 Å². The van der Waals surface area contributed by atoms with E-state index in [0.29, 0.717) is 6.61 Å². The summed E-state index contributed by atoms with van der Waals surface area (Å²) in [5.41, 5.74) is 3.39. The molecule has 0 aromatic carbocycles. The summed E-state index contributed by atoms with van der Waals surface area (Å²) in [6, 6.07) is 4.29. The molecule has 1 N–H and O–H groups in total. The second kappa shape index (κ2) is 7.74. The van der Waals surface area contributed by atoms with Crippen LogP contribution >= 0.6 is 0 Å². The molecule has 2 aromatic rings. The molecule has 0 aliphatic carbocycles. The summed E-state index contributed by atoms with van der Waals surface area (Å²) >= 11 is 0. The molecule has 1 unspecified atom stereocenters. The minimum absolute atomic E-state index is 0.0834. The van der Waals surface area contributed by atoms with Crippen LogP contribution in [0.3, 0.4) is 0 Å². The molecule has 21 heavy (non-hydrogen) atoms. The van der Waals surface area contributed by atoms with Crippen molar-refractivity contribution in [3.8, 4) is 5.75 Å². The fraction of sp³-hybridized carbons (Fsp3) is 0.412. The Morgan fingerprint density at radius 1 is 1.05 bits per heavy atom. The number of nitrogens with zero attached hydrogens (tertiary/aromatic N) is 2. The molecule has 0 saturated carbocycles. The van der Waals surface area contributed by atoms with Gasteiger partial charge in [0.1, 0.15) is 5.75 Å². The highest BCUT2D eigenvalue weighted by molar-refractivity contribution is 5.34. The van der Waals surface area contributed by atoms with Crippen LogP contribution in [0.15, 0.2) is 36.9 Å². The summed E-state index contributed by atoms with van der Waals surface area (Å²) < 4.78 is 5.68. The van der Waals surface area contributed by atoms with Crippen LogP contribution in [0, 0.1) is 6.92 Å². The predicted octanol–water partition coefficient (Wildman–Crippen LogP) is 3.27. The van der Waals surface area contributed by atoms with Gasteiger partial charge >= 0.3 is 0 Å². The third kappa shape index (κ3) is 4.26. The SMILES string of the molecule is CCCOc1cncc(C(NCC)c2cncc(C)c2)c1. The summed E-state index contributed by atoms with van der Waals surface area (Å²) in [6.07, 6.45) is 8.40. The Morgan fingerprint density at radius 2 is 1.76 bits per heavy atom. The van der Waals surface area contributed by atoms with E-state index in [-0.39, 0.29) is 6.04 Å². The van der Waals surface area contributed by atoms with Crippen LogP contribution in [0.4, 0.5) is 0 Å². The highest BCUT2D eigenvalue weighted by Gasteiger charge is 2.14. The molecule has 0 fully saturated rings. The molecule has 0 radical (unpaired) electrons. The van der Waals surface area contributed by atoms with Crippen LogP contribution in [0.1, 0.15) is 43.0 Å². The van der Waals surface area contributed by atoms with Crippen molar-refractivity contribution >= 4 is 0 Å². The molecule has 0 amide bonds. The molecule has 0 spiro atoms. The zero-order valence-corrected chi connectivity index (χ0v) is 13.0. The maximum Gasteiger partial charge on any atom is 0.137 e. The zero-order chi connectivity index (χ0) is 15.1. The molecular weight excluding hydrogens is 262 g/mol. The van der Waals surface area contributed by atoms with E-state index in [1.165, 1.54) is 0 Å². The standard InChI is InChI=1S/C17H23N3O/c1-4-6-21-16-8-15(11-19-12-16)17(20-5-2)14-7-13(3)9-18-10-14/h7-12,17,20H,4-6H2,1-3H3. The summed E-state index contributed by atoms with van der Waals surface area (Å²) in [5.74, 6) is 0.817. The average Bonchev–Trinajstić information content (AvgIpc) is 2.51. The molecule has 2 rings (SSSR count). The molecule has 2 aromatic heterocycles. The Labute approximate surface area is 126 Å². The van der Waals surface area contributed by atoms with Gasteiger partial charge in [-0.1, -0.05) is 19.9 Å². The Balaban J connectivity index is 2.29. The predicted molar refractivity (Wildman–Crippen MR) is 84.5 cm³/mol. The average molecular weight is 285 g/mol. The first-order valence-electron chi connectivity index (χ1n) is 7.47. The summed E-state index contributed by atoms with van der Waals surface area (Å²) in [4.78, 5) is 8.60. The van der Waals surface area contributed by atoms with E-state index in [9.17, 15) is 0 Å². The zero-order valence-electron chi connectivity index (χ0n) is 13.0. The monoisotopic (exact) mass is 285 g/mol. The maximum absolute atomic E-state index is 5.68. The van der Waals surface area contributed by atoms with E-state index in [4.69, 9.17) is 4.74 Å². The van der Waals surface area contributed by atoms with Crippen LogP contribution in [0.5, 0.6) is 5.75 Å². The van der Waals surface area contributed by atoms with Crippen molar-refractivity contribution in [1.82, 2.24) is 15.3 Å². The van der Waals surface area contributed by atoms with Gasteiger partial charge < -0.3 is 10.1 Å². The Kier molecular flexibility index (Phi) is 5.69. The lowest BCUT2D eigenvalue weighted by molar-refractivity contribution is 0.315. The van der Waals surface area contributed by atoms with E-state index >= 15 is 0 Å². The number of hydrogen-bond acceptors (Lipinski definition) is 4. The number of rotatable bonds is 7. The van der Waals surface area contributed by atoms with Gasteiger partial charge in [-0.15, -0.1) is 0 Å². The van der Waals surface area contributed by atoms with Gasteiger partial charge in [0.05, 0.1) is 18.8 Å². The number of aromatic nitrogens is 2. The molecule has 1 atom stereocenters. The van der Waals surface area contributed by atoms with Gasteiger partial charge in [0.15, 0.2) is 0 Å². The van der Waals surface area contributed by atoms with E-state index in [2.05, 4.69) is 48.2 Å². The molecule has 4 nitrogen and oxygen atoms in total. The highest BCUT2D eigenvalue weighted by Crippen LogP contribution is 2.24. The number of nitrogens with one attached hydrogen (secondary N) is 1. The normalized spacial score (nSPS) is 12.1. The fourth-order valence-electron chi connectivity index (χ4n) is 2.26. The van der Waals surface area contributed by atoms with Crippen LogP contribution in [-0.2, 0) is 0 Å². The van der Waals surface area contributed by atoms with Crippen LogP contribution in [0.2, 0.25) is 0 Å². The first-order valence-corrected chi connectivity index (χ1v) is 7.47. The van der Waals surface area contributed by atoms with Crippen molar-refractivity contribution in [3.63, 3.8) is 0 Å². The largest absolute Gasteiger partial charge is 0.492 e. The van der Waals surface area contributed by atoms with Gasteiger partial charge in [-0.05, 0) is 42.6 Å². The van der Waals surface area contributed by atoms with E-state index in [1.807, 2.05) is 18.6 Å². The summed E-state index contributed by atoms with van der Waals surface area (Å²) in [5, 5.41) is 3.49. The van der Waals surface area contributed by atoms with Crippen molar-refractivity contribution in [1.29, 1.82) is 0 Å². The molecule has 0 saturated heterocycles. The first kappa shape index (κ1) is 15.4. The van der Waals surface area contributed by atoms with Crippen molar-refractivity contribution in [3.05, 3.63) is 53.6 Å². The van der Waals surface area contributed by atoms with Gasteiger partial charge in [0.2, 0.25) is 0 Å². The van der Waals surface area contributed by atoms with Crippen molar-refractivity contribution in [2.45, 2.75) is 33.2 Å². The maximum atomic E-state index is 5.68. The minimum atomic E-state index is 0.0834. The number of aryl methyl sites for hydroxylation is 1. The molecule has 112 valence electrons. The van der Waals surface area contributed by atoms with Gasteiger partial charge in [-0.25, -0.2) is 0 Å².